The molecule has 0 saturated heterocycles. The van der Waals surface area contributed by atoms with Crippen molar-refractivity contribution in [3.8, 4) is 28.3 Å². The van der Waals surface area contributed by atoms with Gasteiger partial charge >= 0.3 is 5.97 Å². The number of nitrogens with zero attached hydrogens (tertiary/aromatic N) is 2. The quantitative estimate of drug-likeness (QED) is 0.0619. The number of benzene rings is 2. The minimum atomic E-state index is -0.162. The maximum atomic E-state index is 12.2. The van der Waals surface area contributed by atoms with Crippen molar-refractivity contribution in [1.82, 2.24) is 9.97 Å². The number of esters is 1. The largest absolute Gasteiger partial charge is 0.427 e. The van der Waals surface area contributed by atoms with E-state index in [4.69, 9.17) is 4.74 Å². The van der Waals surface area contributed by atoms with E-state index in [0.717, 1.165) is 47.7 Å². The van der Waals surface area contributed by atoms with Gasteiger partial charge in [-0.15, -0.1) is 0 Å². The van der Waals surface area contributed by atoms with Crippen LogP contribution in [0.5, 0.6) is 5.75 Å². The van der Waals surface area contributed by atoms with Crippen LogP contribution in [0.25, 0.3) is 22.5 Å². The van der Waals surface area contributed by atoms with Gasteiger partial charge in [0.2, 0.25) is 0 Å². The molecule has 0 bridgehead atoms. The highest BCUT2D eigenvalue weighted by Gasteiger charge is 2.08. The molecule has 4 nitrogen and oxygen atoms in total. The SMILES string of the molecule is CCCCCCCCCCCCCCCc1ccc(-c2ncc(-c3ccc(OC(=O)CCCCC(C)CC)cc3)cn2)cc1. The zero-order valence-electron chi connectivity index (χ0n) is 28.0. The smallest absolute Gasteiger partial charge is 0.311 e. The van der Waals surface area contributed by atoms with Crippen LogP contribution in [0.1, 0.15) is 142 Å². The van der Waals surface area contributed by atoms with Crippen LogP contribution in [-0.2, 0) is 11.2 Å². The second kappa shape index (κ2) is 21.7. The number of carbonyl (C=O) groups is 1. The molecule has 1 unspecified atom stereocenters. The lowest BCUT2D eigenvalue weighted by atomic mass is 10.0. The van der Waals surface area contributed by atoms with Crippen LogP contribution in [0.2, 0.25) is 0 Å². The summed E-state index contributed by atoms with van der Waals surface area (Å²) in [6, 6.07) is 16.3. The fraction of sp³-hybridized carbons (Fsp3) is 0.575. The summed E-state index contributed by atoms with van der Waals surface area (Å²) in [7, 11) is 0. The molecule has 0 radical (unpaired) electrons. The Morgan fingerprint density at radius 3 is 1.75 bits per heavy atom. The van der Waals surface area contributed by atoms with Gasteiger partial charge in [-0.05, 0) is 48.4 Å². The third-order valence-corrected chi connectivity index (χ3v) is 8.88. The van der Waals surface area contributed by atoms with Gasteiger partial charge in [0.05, 0.1) is 0 Å². The van der Waals surface area contributed by atoms with Crippen LogP contribution < -0.4 is 4.74 Å². The standard InChI is InChI=1S/C40H58N2O2/c1-4-6-7-8-9-10-11-12-13-14-15-16-17-21-34-23-25-36(26-24-34)40-41-31-37(32-42-40)35-27-29-38(30-28-35)44-39(43)22-19-18-20-33(3)5-2/h23-33H,4-22H2,1-3H3. The van der Waals surface area contributed by atoms with Crippen LogP contribution >= 0.6 is 0 Å². The fourth-order valence-electron chi connectivity index (χ4n) is 5.66. The average Bonchev–Trinajstić information content (AvgIpc) is 3.06. The Kier molecular flexibility index (Phi) is 17.5. The Labute approximate surface area is 268 Å². The number of rotatable bonds is 23. The summed E-state index contributed by atoms with van der Waals surface area (Å²) in [5.74, 6) is 1.88. The molecule has 0 aliphatic rings. The van der Waals surface area contributed by atoms with Gasteiger partial charge in [0.15, 0.2) is 5.82 Å². The predicted octanol–water partition coefficient (Wildman–Crippen LogP) is 12.0. The zero-order valence-corrected chi connectivity index (χ0v) is 28.0. The number of ether oxygens (including phenoxy) is 1. The first-order valence-corrected chi connectivity index (χ1v) is 17.8. The lowest BCUT2D eigenvalue weighted by molar-refractivity contribution is -0.134. The van der Waals surface area contributed by atoms with Gasteiger partial charge in [-0.1, -0.05) is 153 Å². The minimum absolute atomic E-state index is 0.162. The van der Waals surface area contributed by atoms with Gasteiger partial charge in [0.1, 0.15) is 5.75 Å². The van der Waals surface area contributed by atoms with E-state index in [1.807, 2.05) is 36.7 Å². The molecule has 3 rings (SSSR count). The number of unbranched alkanes of at least 4 members (excludes halogenated alkanes) is 13. The highest BCUT2D eigenvalue weighted by molar-refractivity contribution is 5.73. The van der Waals surface area contributed by atoms with Crippen molar-refractivity contribution in [2.75, 3.05) is 0 Å². The van der Waals surface area contributed by atoms with Crippen molar-refractivity contribution in [2.24, 2.45) is 5.92 Å². The predicted molar refractivity (Wildman–Crippen MR) is 186 cm³/mol. The molecule has 0 amide bonds. The van der Waals surface area contributed by atoms with E-state index in [-0.39, 0.29) is 5.97 Å². The Morgan fingerprint density at radius 1 is 0.636 bits per heavy atom. The van der Waals surface area contributed by atoms with Gasteiger partial charge in [0.25, 0.3) is 0 Å². The first-order valence-electron chi connectivity index (χ1n) is 17.8. The van der Waals surface area contributed by atoms with Crippen molar-refractivity contribution < 1.29 is 9.53 Å². The molecule has 1 heterocycles. The fourth-order valence-corrected chi connectivity index (χ4v) is 5.66. The van der Waals surface area contributed by atoms with E-state index in [1.165, 1.54) is 102 Å². The number of hydrogen-bond acceptors (Lipinski definition) is 4. The first kappa shape index (κ1) is 35.5. The van der Waals surface area contributed by atoms with E-state index in [1.54, 1.807) is 0 Å². The molecule has 240 valence electrons. The molecule has 0 aliphatic heterocycles. The van der Waals surface area contributed by atoms with E-state index in [9.17, 15) is 4.79 Å². The number of carbonyl (C=O) groups excluding carboxylic acids is 1. The summed E-state index contributed by atoms with van der Waals surface area (Å²) in [6.07, 6.45) is 27.7. The lowest BCUT2D eigenvalue weighted by Gasteiger charge is -2.08. The number of aryl methyl sites for hydroxylation is 1. The number of hydrogen-bond donors (Lipinski definition) is 0. The molecule has 44 heavy (non-hydrogen) atoms. The molecule has 4 heteroatoms. The van der Waals surface area contributed by atoms with Crippen molar-refractivity contribution >= 4 is 5.97 Å². The molecule has 1 aromatic heterocycles. The van der Waals surface area contributed by atoms with Crippen LogP contribution in [0.15, 0.2) is 60.9 Å². The Hall–Kier alpha value is -3.01. The summed E-state index contributed by atoms with van der Waals surface area (Å²) in [6.45, 7) is 6.76. The Balaban J connectivity index is 1.31. The molecular weight excluding hydrogens is 540 g/mol. The van der Waals surface area contributed by atoms with Crippen molar-refractivity contribution in [1.29, 1.82) is 0 Å². The highest BCUT2D eigenvalue weighted by Crippen LogP contribution is 2.24. The lowest BCUT2D eigenvalue weighted by Crippen LogP contribution is -2.07. The van der Waals surface area contributed by atoms with Gasteiger partial charge in [-0.2, -0.15) is 0 Å². The van der Waals surface area contributed by atoms with Crippen LogP contribution in [0.4, 0.5) is 0 Å². The van der Waals surface area contributed by atoms with Crippen molar-refractivity contribution in [3.05, 3.63) is 66.5 Å². The molecule has 2 aromatic carbocycles. The van der Waals surface area contributed by atoms with E-state index in [2.05, 4.69) is 55.0 Å². The molecule has 0 saturated carbocycles. The van der Waals surface area contributed by atoms with Gasteiger partial charge < -0.3 is 4.74 Å². The summed E-state index contributed by atoms with van der Waals surface area (Å²) in [5.41, 5.74) is 4.37. The maximum absolute atomic E-state index is 12.2. The van der Waals surface area contributed by atoms with Gasteiger partial charge in [-0.3, -0.25) is 4.79 Å². The second-order valence-electron chi connectivity index (χ2n) is 12.7. The van der Waals surface area contributed by atoms with Crippen molar-refractivity contribution in [3.63, 3.8) is 0 Å². The molecular formula is C40H58N2O2. The summed E-state index contributed by atoms with van der Waals surface area (Å²) in [5, 5.41) is 0. The summed E-state index contributed by atoms with van der Waals surface area (Å²) in [4.78, 5) is 21.4. The molecule has 0 fully saturated rings. The van der Waals surface area contributed by atoms with Gasteiger partial charge in [-0.25, -0.2) is 9.97 Å². The van der Waals surface area contributed by atoms with Gasteiger partial charge in [0, 0.05) is 29.9 Å². The van der Waals surface area contributed by atoms with Crippen LogP contribution in [-0.4, -0.2) is 15.9 Å². The molecule has 0 spiro atoms. The van der Waals surface area contributed by atoms with Crippen LogP contribution in [0.3, 0.4) is 0 Å². The zero-order chi connectivity index (χ0) is 31.2. The maximum Gasteiger partial charge on any atom is 0.311 e. The second-order valence-corrected chi connectivity index (χ2v) is 12.7. The van der Waals surface area contributed by atoms with Crippen LogP contribution in [0, 0.1) is 5.92 Å². The number of aromatic nitrogens is 2. The third kappa shape index (κ3) is 14.2. The van der Waals surface area contributed by atoms with Crippen molar-refractivity contribution in [2.45, 2.75) is 143 Å². The topological polar surface area (TPSA) is 52.1 Å². The normalized spacial score (nSPS) is 11.9. The summed E-state index contributed by atoms with van der Waals surface area (Å²) >= 11 is 0. The molecule has 3 aromatic rings. The Bertz CT molecular complexity index is 1160. The molecule has 1 atom stereocenters. The average molecular weight is 599 g/mol. The first-order chi connectivity index (χ1) is 21.6. The molecule has 0 N–H and O–H groups in total. The minimum Gasteiger partial charge on any atom is -0.427 e. The molecule has 0 aliphatic carbocycles. The third-order valence-electron chi connectivity index (χ3n) is 8.88. The highest BCUT2D eigenvalue weighted by atomic mass is 16.5. The van der Waals surface area contributed by atoms with E-state index < -0.39 is 0 Å². The van der Waals surface area contributed by atoms with E-state index >= 15 is 0 Å². The monoisotopic (exact) mass is 598 g/mol. The summed E-state index contributed by atoms with van der Waals surface area (Å²) < 4.78 is 5.52. The Morgan fingerprint density at radius 2 is 1.18 bits per heavy atom. The van der Waals surface area contributed by atoms with E-state index in [0.29, 0.717) is 12.2 Å².